The second-order valence-electron chi connectivity index (χ2n) is 4.74. The largest absolute Gasteiger partial charge is 0.382 e. The molecule has 112 valence electrons. The summed E-state index contributed by atoms with van der Waals surface area (Å²) in [7, 11) is 0. The average molecular weight is 288 g/mol. The standard InChI is InChI=1S/C15H20N4O2/c1-3-18(4-2)11-10-16-13-7-8-14(19(20)21)12-6-5-9-17-15(12)13/h5-9,16H,3-4,10-11H2,1-2H3. The molecule has 0 fully saturated rings. The smallest absolute Gasteiger partial charge is 0.278 e. The Bertz CT molecular complexity index is 626. The van der Waals surface area contributed by atoms with Crippen molar-refractivity contribution in [3.8, 4) is 0 Å². The Kier molecular flexibility index (Phi) is 5.05. The van der Waals surface area contributed by atoms with Crippen LogP contribution in [-0.4, -0.2) is 41.0 Å². The molecule has 0 bridgehead atoms. The number of anilines is 1. The maximum absolute atomic E-state index is 11.1. The molecule has 0 atom stereocenters. The summed E-state index contributed by atoms with van der Waals surface area (Å²) >= 11 is 0. The Morgan fingerprint density at radius 3 is 2.71 bits per heavy atom. The van der Waals surface area contributed by atoms with Crippen molar-refractivity contribution in [3.05, 3.63) is 40.6 Å². The van der Waals surface area contributed by atoms with Crippen LogP contribution >= 0.6 is 0 Å². The van der Waals surface area contributed by atoms with Crippen LogP contribution in [0.1, 0.15) is 13.8 Å². The molecule has 6 heteroatoms. The number of hydrogen-bond acceptors (Lipinski definition) is 5. The van der Waals surface area contributed by atoms with Gasteiger partial charge < -0.3 is 10.2 Å². The molecule has 2 aromatic rings. The van der Waals surface area contributed by atoms with Gasteiger partial charge in [-0.05, 0) is 31.3 Å². The van der Waals surface area contributed by atoms with E-state index >= 15 is 0 Å². The van der Waals surface area contributed by atoms with E-state index in [-0.39, 0.29) is 10.6 Å². The third kappa shape index (κ3) is 3.46. The van der Waals surface area contributed by atoms with E-state index in [4.69, 9.17) is 0 Å². The third-order valence-corrected chi connectivity index (χ3v) is 3.58. The number of hydrogen-bond donors (Lipinski definition) is 1. The number of pyridine rings is 1. The molecule has 0 radical (unpaired) electrons. The number of likely N-dealkylation sites (N-methyl/N-ethyl adjacent to an activating group) is 1. The van der Waals surface area contributed by atoms with E-state index in [0.717, 1.165) is 31.9 Å². The fourth-order valence-corrected chi connectivity index (χ4v) is 2.35. The lowest BCUT2D eigenvalue weighted by Crippen LogP contribution is -2.28. The van der Waals surface area contributed by atoms with Gasteiger partial charge in [0.2, 0.25) is 0 Å². The maximum atomic E-state index is 11.1. The number of rotatable bonds is 7. The molecule has 1 aromatic carbocycles. The second kappa shape index (κ2) is 6.99. The van der Waals surface area contributed by atoms with Gasteiger partial charge in [0.05, 0.1) is 16.0 Å². The van der Waals surface area contributed by atoms with Crippen molar-refractivity contribution in [2.75, 3.05) is 31.5 Å². The van der Waals surface area contributed by atoms with Crippen molar-refractivity contribution in [2.45, 2.75) is 13.8 Å². The fraction of sp³-hybridized carbons (Fsp3) is 0.400. The summed E-state index contributed by atoms with van der Waals surface area (Å²) in [5, 5.41) is 14.9. The summed E-state index contributed by atoms with van der Waals surface area (Å²) in [6.45, 7) is 8.00. The Balaban J connectivity index is 2.21. The first-order valence-electron chi connectivity index (χ1n) is 7.15. The van der Waals surface area contributed by atoms with Gasteiger partial charge >= 0.3 is 0 Å². The molecule has 6 nitrogen and oxygen atoms in total. The van der Waals surface area contributed by atoms with Gasteiger partial charge in [-0.15, -0.1) is 0 Å². The molecule has 0 unspecified atom stereocenters. The molecule has 1 heterocycles. The van der Waals surface area contributed by atoms with Crippen LogP contribution in [0.2, 0.25) is 0 Å². The first-order chi connectivity index (χ1) is 10.2. The van der Waals surface area contributed by atoms with Crippen molar-refractivity contribution in [1.82, 2.24) is 9.88 Å². The molecule has 21 heavy (non-hydrogen) atoms. The molecule has 2 rings (SSSR count). The summed E-state index contributed by atoms with van der Waals surface area (Å²) in [4.78, 5) is 17.3. The van der Waals surface area contributed by atoms with Crippen molar-refractivity contribution >= 4 is 22.3 Å². The zero-order chi connectivity index (χ0) is 15.2. The van der Waals surface area contributed by atoms with E-state index in [1.165, 1.54) is 6.07 Å². The summed E-state index contributed by atoms with van der Waals surface area (Å²) in [6.07, 6.45) is 1.65. The zero-order valence-corrected chi connectivity index (χ0v) is 12.4. The number of benzene rings is 1. The SMILES string of the molecule is CCN(CC)CCNc1ccc([N+](=O)[O-])c2cccnc12. The van der Waals surface area contributed by atoms with Crippen molar-refractivity contribution in [1.29, 1.82) is 0 Å². The molecule has 1 N–H and O–H groups in total. The minimum atomic E-state index is -0.371. The highest BCUT2D eigenvalue weighted by Crippen LogP contribution is 2.29. The lowest BCUT2D eigenvalue weighted by molar-refractivity contribution is -0.383. The molecule has 0 saturated heterocycles. The highest BCUT2D eigenvalue weighted by atomic mass is 16.6. The van der Waals surface area contributed by atoms with Gasteiger partial charge in [-0.3, -0.25) is 15.1 Å². The Hall–Kier alpha value is -2.21. The van der Waals surface area contributed by atoms with Crippen molar-refractivity contribution in [2.24, 2.45) is 0 Å². The first kappa shape index (κ1) is 15.2. The van der Waals surface area contributed by atoms with E-state index in [1.807, 2.05) is 0 Å². The predicted molar refractivity (Wildman–Crippen MR) is 84.7 cm³/mol. The second-order valence-corrected chi connectivity index (χ2v) is 4.74. The molecule has 0 spiro atoms. The Morgan fingerprint density at radius 2 is 2.05 bits per heavy atom. The Morgan fingerprint density at radius 1 is 1.29 bits per heavy atom. The summed E-state index contributed by atoms with van der Waals surface area (Å²) in [6, 6.07) is 6.71. The Labute approximate surface area is 123 Å². The maximum Gasteiger partial charge on any atom is 0.278 e. The van der Waals surface area contributed by atoms with E-state index in [2.05, 4.69) is 29.0 Å². The van der Waals surface area contributed by atoms with E-state index in [9.17, 15) is 10.1 Å². The highest BCUT2D eigenvalue weighted by molar-refractivity contribution is 5.96. The molecular formula is C15H20N4O2. The van der Waals surface area contributed by atoms with E-state index in [1.54, 1.807) is 24.4 Å². The van der Waals surface area contributed by atoms with Crippen LogP contribution in [-0.2, 0) is 0 Å². The van der Waals surface area contributed by atoms with Gasteiger partial charge in [0.1, 0.15) is 5.52 Å². The fourth-order valence-electron chi connectivity index (χ4n) is 2.35. The number of nitro groups is 1. The average Bonchev–Trinajstić information content (AvgIpc) is 2.51. The van der Waals surface area contributed by atoms with Gasteiger partial charge in [-0.1, -0.05) is 13.8 Å². The summed E-state index contributed by atoms with van der Waals surface area (Å²) in [5.74, 6) is 0. The molecule has 0 saturated carbocycles. The monoisotopic (exact) mass is 288 g/mol. The van der Waals surface area contributed by atoms with Crippen LogP contribution in [0.15, 0.2) is 30.5 Å². The van der Waals surface area contributed by atoms with Gasteiger partial charge in [0, 0.05) is 25.4 Å². The summed E-state index contributed by atoms with van der Waals surface area (Å²) < 4.78 is 0. The molecule has 0 aliphatic rings. The van der Waals surface area contributed by atoms with Crippen LogP contribution in [0.5, 0.6) is 0 Å². The predicted octanol–water partition coefficient (Wildman–Crippen LogP) is 2.90. The number of nitro benzene ring substituents is 1. The van der Waals surface area contributed by atoms with Gasteiger partial charge in [0.25, 0.3) is 5.69 Å². The quantitative estimate of drug-likeness (QED) is 0.626. The number of non-ortho nitro benzene ring substituents is 1. The van der Waals surface area contributed by atoms with Crippen molar-refractivity contribution < 1.29 is 4.92 Å². The number of nitrogens with zero attached hydrogens (tertiary/aromatic N) is 3. The molecule has 0 aliphatic heterocycles. The van der Waals surface area contributed by atoms with Gasteiger partial charge in [-0.2, -0.15) is 0 Å². The molecule has 0 aliphatic carbocycles. The lowest BCUT2D eigenvalue weighted by atomic mass is 10.1. The normalized spacial score (nSPS) is 11.0. The third-order valence-electron chi connectivity index (χ3n) is 3.58. The molecule has 0 amide bonds. The van der Waals surface area contributed by atoms with Crippen molar-refractivity contribution in [3.63, 3.8) is 0 Å². The van der Waals surface area contributed by atoms with Crippen LogP contribution in [0.4, 0.5) is 11.4 Å². The van der Waals surface area contributed by atoms with E-state index in [0.29, 0.717) is 10.9 Å². The van der Waals surface area contributed by atoms with Crippen LogP contribution < -0.4 is 5.32 Å². The number of nitrogens with one attached hydrogen (secondary N) is 1. The lowest BCUT2D eigenvalue weighted by Gasteiger charge is -2.18. The molecule has 1 aromatic heterocycles. The van der Waals surface area contributed by atoms with Gasteiger partial charge in [0.15, 0.2) is 0 Å². The number of aromatic nitrogens is 1. The molecular weight excluding hydrogens is 268 g/mol. The highest BCUT2D eigenvalue weighted by Gasteiger charge is 2.14. The van der Waals surface area contributed by atoms with Crippen LogP contribution in [0.3, 0.4) is 0 Å². The minimum Gasteiger partial charge on any atom is -0.382 e. The zero-order valence-electron chi connectivity index (χ0n) is 12.4. The van der Waals surface area contributed by atoms with Crippen LogP contribution in [0.25, 0.3) is 10.9 Å². The summed E-state index contributed by atoms with van der Waals surface area (Å²) in [5.41, 5.74) is 1.57. The minimum absolute atomic E-state index is 0.0902. The van der Waals surface area contributed by atoms with E-state index < -0.39 is 0 Å². The topological polar surface area (TPSA) is 71.3 Å². The number of fused-ring (bicyclic) bond motifs is 1. The first-order valence-corrected chi connectivity index (χ1v) is 7.15. The van der Waals surface area contributed by atoms with Crippen LogP contribution in [0, 0.1) is 10.1 Å². The van der Waals surface area contributed by atoms with Gasteiger partial charge in [-0.25, -0.2) is 0 Å².